The van der Waals surface area contributed by atoms with Crippen LogP contribution in [0.2, 0.25) is 0 Å². The van der Waals surface area contributed by atoms with Gasteiger partial charge in [-0.2, -0.15) is 0 Å². The topological polar surface area (TPSA) is 92.8 Å². The number of aryl methyl sites for hydroxylation is 2. The number of anilines is 2. The Kier molecular flexibility index (Phi) is 6.33. The average Bonchev–Trinajstić information content (AvgIpc) is 3.37. The normalized spacial score (nSPS) is 15.3. The fraction of sp³-hybridized carbons (Fsp3) is 0.286. The van der Waals surface area contributed by atoms with Crippen molar-refractivity contribution in [3.05, 3.63) is 81.7 Å². The van der Waals surface area contributed by atoms with Crippen LogP contribution in [0.4, 0.5) is 11.4 Å². The van der Waals surface area contributed by atoms with Crippen molar-refractivity contribution in [1.29, 1.82) is 0 Å². The highest BCUT2D eigenvalue weighted by Crippen LogP contribution is 2.41. The molecule has 0 spiro atoms. The van der Waals surface area contributed by atoms with Crippen molar-refractivity contribution in [2.24, 2.45) is 10.9 Å². The van der Waals surface area contributed by atoms with Gasteiger partial charge in [-0.15, -0.1) is 21.5 Å². The number of benzene rings is 2. The summed E-state index contributed by atoms with van der Waals surface area (Å²) in [5, 5.41) is 19.5. The van der Waals surface area contributed by atoms with Crippen molar-refractivity contribution in [3.8, 4) is 10.8 Å². The van der Waals surface area contributed by atoms with Gasteiger partial charge >= 0.3 is 5.97 Å². The Labute approximate surface area is 219 Å². The second kappa shape index (κ2) is 9.48. The van der Waals surface area contributed by atoms with Crippen LogP contribution < -0.4 is 9.64 Å². The number of thiophene rings is 1. The highest BCUT2D eigenvalue weighted by atomic mass is 32.1. The van der Waals surface area contributed by atoms with E-state index in [1.807, 2.05) is 54.9 Å². The maximum atomic E-state index is 12.1. The molecule has 190 valence electrons. The van der Waals surface area contributed by atoms with Gasteiger partial charge in [-0.25, -0.2) is 0 Å². The van der Waals surface area contributed by atoms with Crippen LogP contribution in [0.1, 0.15) is 46.2 Å². The fourth-order valence-corrected chi connectivity index (χ4v) is 5.83. The smallest absolute Gasteiger partial charge is 0.308 e. The molecule has 9 heteroatoms. The minimum absolute atomic E-state index is 0.556. The number of methoxy groups -OCH3 is 1. The fourth-order valence-electron chi connectivity index (χ4n) is 4.62. The summed E-state index contributed by atoms with van der Waals surface area (Å²) in [7, 11) is 3.67. The lowest BCUT2D eigenvalue weighted by molar-refractivity contribution is -0.141. The highest BCUT2D eigenvalue weighted by molar-refractivity contribution is 7.15. The van der Waals surface area contributed by atoms with Gasteiger partial charge in [-0.1, -0.05) is 12.1 Å². The Bertz CT molecular complexity index is 1500. The van der Waals surface area contributed by atoms with Gasteiger partial charge in [0.1, 0.15) is 22.6 Å². The Hall–Kier alpha value is -3.98. The van der Waals surface area contributed by atoms with Crippen LogP contribution in [0.3, 0.4) is 0 Å². The molecule has 1 aliphatic rings. The molecule has 2 aromatic carbocycles. The molecule has 4 aromatic rings. The molecule has 0 aliphatic carbocycles. The molecule has 1 N–H and O–H groups in total. The SMILES string of the molecule is COc1ccc(N(C)c2ccc(C3=N[C@@H](C(C)C(=O)O)c4nnc(C)n4-c4sc(C)c(C)c43)cc2)cc1. The number of fused-ring (bicyclic) bond motifs is 3. The summed E-state index contributed by atoms with van der Waals surface area (Å²) in [5.74, 6) is 0.392. The van der Waals surface area contributed by atoms with E-state index in [0.717, 1.165) is 44.5 Å². The molecule has 37 heavy (non-hydrogen) atoms. The minimum Gasteiger partial charge on any atom is -0.497 e. The van der Waals surface area contributed by atoms with Crippen LogP contribution in [0.15, 0.2) is 53.5 Å². The van der Waals surface area contributed by atoms with Gasteiger partial charge in [0.05, 0.1) is 18.7 Å². The number of hydrogen-bond donors (Lipinski definition) is 1. The first-order chi connectivity index (χ1) is 17.7. The number of ether oxygens (including phenoxy) is 1. The number of aliphatic carboxylic acids is 1. The van der Waals surface area contributed by atoms with Crippen molar-refractivity contribution in [1.82, 2.24) is 14.8 Å². The van der Waals surface area contributed by atoms with Crippen LogP contribution in [-0.2, 0) is 4.79 Å². The van der Waals surface area contributed by atoms with Crippen LogP contribution >= 0.6 is 11.3 Å². The molecule has 3 heterocycles. The zero-order chi connectivity index (χ0) is 26.4. The number of carboxylic acids is 1. The molecule has 1 unspecified atom stereocenters. The minimum atomic E-state index is -0.921. The maximum absolute atomic E-state index is 12.1. The van der Waals surface area contributed by atoms with Gasteiger partial charge in [0, 0.05) is 34.4 Å². The van der Waals surface area contributed by atoms with Gasteiger partial charge in [0.2, 0.25) is 0 Å². The molecule has 2 aromatic heterocycles. The summed E-state index contributed by atoms with van der Waals surface area (Å²) in [4.78, 5) is 20.4. The third-order valence-electron chi connectivity index (χ3n) is 7.04. The number of hydrogen-bond acceptors (Lipinski definition) is 7. The summed E-state index contributed by atoms with van der Waals surface area (Å²) >= 11 is 1.66. The molecule has 0 radical (unpaired) electrons. The van der Waals surface area contributed by atoms with Crippen LogP contribution in [0.25, 0.3) is 5.00 Å². The Morgan fingerprint density at radius 1 is 1.05 bits per heavy atom. The van der Waals surface area contributed by atoms with E-state index in [-0.39, 0.29) is 0 Å². The lowest BCUT2D eigenvalue weighted by Gasteiger charge is -2.20. The van der Waals surface area contributed by atoms with Crippen molar-refractivity contribution < 1.29 is 14.6 Å². The largest absolute Gasteiger partial charge is 0.497 e. The molecule has 0 saturated heterocycles. The first-order valence-electron chi connectivity index (χ1n) is 12.0. The standard InChI is InChI=1S/C28H29N5O3S/c1-15-17(3)37-27-23(15)25(29-24(16(2)28(34)35)26-31-30-18(4)33(26)27)19-7-9-20(10-8-19)32(5)21-11-13-22(36-6)14-12-21/h7-14,16,24H,1-6H3,(H,34,35)/t16?,24-/m0/s1. The summed E-state index contributed by atoms with van der Waals surface area (Å²) in [6.07, 6.45) is 0. The Morgan fingerprint density at radius 2 is 1.68 bits per heavy atom. The summed E-state index contributed by atoms with van der Waals surface area (Å²) < 4.78 is 7.25. The van der Waals surface area contributed by atoms with Crippen LogP contribution in [0, 0.1) is 26.7 Å². The summed E-state index contributed by atoms with van der Waals surface area (Å²) in [5.41, 5.74) is 5.89. The second-order valence-corrected chi connectivity index (χ2v) is 10.5. The molecular formula is C28H29N5O3S. The van der Waals surface area contributed by atoms with E-state index in [2.05, 4.69) is 41.1 Å². The van der Waals surface area contributed by atoms with Gasteiger partial charge in [-0.05, 0) is 69.7 Å². The highest BCUT2D eigenvalue weighted by Gasteiger charge is 2.36. The number of rotatable bonds is 6. The van der Waals surface area contributed by atoms with E-state index in [4.69, 9.17) is 9.73 Å². The van der Waals surface area contributed by atoms with Crippen molar-refractivity contribution in [2.75, 3.05) is 19.1 Å². The molecule has 0 amide bonds. The van der Waals surface area contributed by atoms with Crippen molar-refractivity contribution >= 4 is 34.4 Å². The molecule has 0 saturated carbocycles. The quantitative estimate of drug-likeness (QED) is 0.357. The monoisotopic (exact) mass is 515 g/mol. The third kappa shape index (κ3) is 4.19. The van der Waals surface area contributed by atoms with Gasteiger partial charge < -0.3 is 14.7 Å². The molecule has 2 atom stereocenters. The van der Waals surface area contributed by atoms with E-state index in [0.29, 0.717) is 11.6 Å². The number of aliphatic imine (C=N–C) groups is 1. The van der Waals surface area contributed by atoms with E-state index in [1.165, 1.54) is 4.88 Å². The van der Waals surface area contributed by atoms with E-state index in [9.17, 15) is 9.90 Å². The summed E-state index contributed by atoms with van der Waals surface area (Å²) in [6, 6.07) is 15.4. The molecule has 0 fully saturated rings. The third-order valence-corrected chi connectivity index (χ3v) is 8.23. The van der Waals surface area contributed by atoms with Gasteiger partial charge in [-0.3, -0.25) is 14.4 Å². The first kappa shape index (κ1) is 24.7. The van der Waals surface area contributed by atoms with Gasteiger partial charge in [0.15, 0.2) is 5.82 Å². The summed E-state index contributed by atoms with van der Waals surface area (Å²) in [6.45, 7) is 7.75. The molecule has 8 nitrogen and oxygen atoms in total. The molecule has 0 bridgehead atoms. The van der Waals surface area contributed by atoms with E-state index >= 15 is 0 Å². The molecule has 1 aliphatic heterocycles. The van der Waals surface area contributed by atoms with Crippen LogP contribution in [0.5, 0.6) is 5.75 Å². The molecule has 5 rings (SSSR count). The maximum Gasteiger partial charge on any atom is 0.308 e. The number of aromatic nitrogens is 3. The lowest BCUT2D eigenvalue weighted by atomic mass is 9.98. The second-order valence-electron chi connectivity index (χ2n) is 9.26. The first-order valence-corrected chi connectivity index (χ1v) is 12.8. The van der Waals surface area contributed by atoms with E-state index in [1.54, 1.807) is 25.4 Å². The number of carbonyl (C=O) groups is 1. The molecular weight excluding hydrogens is 486 g/mol. The predicted octanol–water partition coefficient (Wildman–Crippen LogP) is 5.64. The average molecular weight is 516 g/mol. The lowest BCUT2D eigenvalue weighted by Crippen LogP contribution is -2.21. The number of carboxylic acid groups (broad SMARTS) is 1. The van der Waals surface area contributed by atoms with Gasteiger partial charge in [0.25, 0.3) is 0 Å². The Balaban J connectivity index is 1.62. The van der Waals surface area contributed by atoms with Crippen molar-refractivity contribution in [3.63, 3.8) is 0 Å². The number of nitrogens with zero attached hydrogens (tertiary/aromatic N) is 5. The zero-order valence-corrected chi connectivity index (χ0v) is 22.5. The van der Waals surface area contributed by atoms with Crippen LogP contribution in [-0.4, -0.2) is 45.7 Å². The Morgan fingerprint density at radius 3 is 2.27 bits per heavy atom. The van der Waals surface area contributed by atoms with Crippen molar-refractivity contribution in [2.45, 2.75) is 33.7 Å². The predicted molar refractivity (Wildman–Crippen MR) is 146 cm³/mol. The zero-order valence-electron chi connectivity index (χ0n) is 21.7. The van der Waals surface area contributed by atoms with E-state index < -0.39 is 17.9 Å².